The smallest absolute Gasteiger partial charge is 0.215 e. The zero-order valence-corrected chi connectivity index (χ0v) is 17.7. The predicted molar refractivity (Wildman–Crippen MR) is 119 cm³/mol. The van der Waals surface area contributed by atoms with Crippen LogP contribution in [0.3, 0.4) is 0 Å². The fourth-order valence-electron chi connectivity index (χ4n) is 3.27. The van der Waals surface area contributed by atoms with E-state index < -0.39 is 0 Å². The second-order valence-electron chi connectivity index (χ2n) is 6.60. The Morgan fingerprint density at radius 3 is 2.30 bits per heavy atom. The van der Waals surface area contributed by atoms with Gasteiger partial charge in [-0.3, -0.25) is 4.40 Å². The number of imidazole rings is 2. The molecule has 2 aromatic heterocycles. The third-order valence-electron chi connectivity index (χ3n) is 4.49. The molecule has 4 rings (SSSR count). The highest BCUT2D eigenvalue weighted by Crippen LogP contribution is 2.26. The molecule has 0 aliphatic heterocycles. The quantitative estimate of drug-likeness (QED) is 0.427. The minimum atomic E-state index is 0. The van der Waals surface area contributed by atoms with Crippen LogP contribution in [0.5, 0.6) is 0 Å². The minimum absolute atomic E-state index is 0. The SMILES string of the molecule is CN(C)CCCn1c2ccccc2n2cc(-c3ccc(Cl)cc3)nc12.Cl.Cl. The molecule has 0 N–H and O–H groups in total. The van der Waals surface area contributed by atoms with Gasteiger partial charge in [0, 0.05) is 23.3 Å². The summed E-state index contributed by atoms with van der Waals surface area (Å²) in [6, 6.07) is 16.3. The van der Waals surface area contributed by atoms with Crippen molar-refractivity contribution in [1.29, 1.82) is 0 Å². The highest BCUT2D eigenvalue weighted by atomic mass is 35.5. The lowest BCUT2D eigenvalue weighted by molar-refractivity contribution is 0.389. The van der Waals surface area contributed by atoms with E-state index in [-0.39, 0.29) is 24.8 Å². The molecule has 144 valence electrons. The van der Waals surface area contributed by atoms with E-state index in [1.165, 1.54) is 11.0 Å². The van der Waals surface area contributed by atoms with Crippen molar-refractivity contribution in [3.05, 3.63) is 59.8 Å². The molecule has 0 fully saturated rings. The molecule has 0 radical (unpaired) electrons. The van der Waals surface area contributed by atoms with E-state index in [1.54, 1.807) is 0 Å². The number of halogens is 3. The van der Waals surface area contributed by atoms with Crippen LogP contribution in [0.1, 0.15) is 6.42 Å². The molecule has 4 nitrogen and oxygen atoms in total. The molecule has 0 bridgehead atoms. The zero-order valence-electron chi connectivity index (χ0n) is 15.3. The van der Waals surface area contributed by atoms with Gasteiger partial charge in [0.05, 0.1) is 16.7 Å². The van der Waals surface area contributed by atoms with E-state index >= 15 is 0 Å². The predicted octanol–water partition coefficient (Wildman–Crippen LogP) is 5.40. The maximum Gasteiger partial charge on any atom is 0.215 e. The summed E-state index contributed by atoms with van der Waals surface area (Å²) in [6.07, 6.45) is 3.20. The molecule has 0 amide bonds. The minimum Gasteiger partial charge on any atom is -0.310 e. The number of aromatic nitrogens is 3. The standard InChI is InChI=1S/C20H21ClN4.2ClH/c1-23(2)12-5-13-24-18-6-3-4-7-19(18)25-14-17(22-20(24)25)15-8-10-16(21)11-9-15;;/h3-4,6-11,14H,5,12-13H2,1-2H3;2*1H. The second-order valence-corrected chi connectivity index (χ2v) is 7.04. The molecule has 2 aromatic carbocycles. The number of aryl methyl sites for hydroxylation is 1. The van der Waals surface area contributed by atoms with Gasteiger partial charge in [-0.05, 0) is 51.3 Å². The van der Waals surface area contributed by atoms with E-state index in [1.807, 2.05) is 24.3 Å². The van der Waals surface area contributed by atoms with Gasteiger partial charge in [0.15, 0.2) is 0 Å². The third-order valence-corrected chi connectivity index (χ3v) is 4.74. The van der Waals surface area contributed by atoms with Crippen LogP contribution in [-0.2, 0) is 6.54 Å². The van der Waals surface area contributed by atoms with Gasteiger partial charge in [-0.25, -0.2) is 4.98 Å². The normalized spacial score (nSPS) is 11.0. The molecular formula is C20H23Cl3N4. The van der Waals surface area contributed by atoms with Crippen molar-refractivity contribution in [2.45, 2.75) is 13.0 Å². The number of rotatable bonds is 5. The van der Waals surface area contributed by atoms with Gasteiger partial charge < -0.3 is 9.47 Å². The monoisotopic (exact) mass is 424 g/mol. The lowest BCUT2D eigenvalue weighted by Gasteiger charge is -2.10. The highest BCUT2D eigenvalue weighted by Gasteiger charge is 2.14. The molecular weight excluding hydrogens is 403 g/mol. The summed E-state index contributed by atoms with van der Waals surface area (Å²) in [7, 11) is 4.22. The second kappa shape index (κ2) is 8.98. The number of para-hydroxylation sites is 2. The lowest BCUT2D eigenvalue weighted by atomic mass is 10.2. The van der Waals surface area contributed by atoms with Crippen LogP contribution in [0.2, 0.25) is 5.02 Å². The summed E-state index contributed by atoms with van der Waals surface area (Å²) in [5.41, 5.74) is 4.47. The molecule has 4 aromatic rings. The van der Waals surface area contributed by atoms with Crippen LogP contribution < -0.4 is 0 Å². The Labute approximate surface area is 176 Å². The fourth-order valence-corrected chi connectivity index (χ4v) is 3.39. The van der Waals surface area contributed by atoms with Crippen molar-refractivity contribution in [2.75, 3.05) is 20.6 Å². The number of nitrogens with zero attached hydrogens (tertiary/aromatic N) is 4. The first-order chi connectivity index (χ1) is 12.1. The first-order valence-electron chi connectivity index (χ1n) is 8.50. The van der Waals surface area contributed by atoms with E-state index in [0.29, 0.717) is 0 Å². The number of benzene rings is 2. The van der Waals surface area contributed by atoms with Crippen molar-refractivity contribution in [3.8, 4) is 11.3 Å². The summed E-state index contributed by atoms with van der Waals surface area (Å²) in [4.78, 5) is 7.13. The third kappa shape index (κ3) is 4.25. The molecule has 0 unspecified atom stereocenters. The summed E-state index contributed by atoms with van der Waals surface area (Å²) in [5, 5.41) is 0.742. The highest BCUT2D eigenvalue weighted by molar-refractivity contribution is 6.30. The molecule has 0 saturated heterocycles. The van der Waals surface area contributed by atoms with E-state index in [4.69, 9.17) is 16.6 Å². The van der Waals surface area contributed by atoms with Crippen molar-refractivity contribution < 1.29 is 0 Å². The Morgan fingerprint density at radius 1 is 0.963 bits per heavy atom. The van der Waals surface area contributed by atoms with Crippen molar-refractivity contribution in [1.82, 2.24) is 18.9 Å². The topological polar surface area (TPSA) is 25.5 Å². The van der Waals surface area contributed by atoms with Gasteiger partial charge in [0.2, 0.25) is 5.78 Å². The first-order valence-corrected chi connectivity index (χ1v) is 8.88. The van der Waals surface area contributed by atoms with Crippen LogP contribution >= 0.6 is 36.4 Å². The average Bonchev–Trinajstić information content (AvgIpc) is 3.14. The zero-order chi connectivity index (χ0) is 17.4. The Hall–Kier alpha value is -1.72. The summed E-state index contributed by atoms with van der Waals surface area (Å²) in [6.45, 7) is 2.01. The van der Waals surface area contributed by atoms with Gasteiger partial charge in [0.25, 0.3) is 0 Å². The molecule has 0 spiro atoms. The Balaban J connectivity index is 0.00000131. The van der Waals surface area contributed by atoms with Gasteiger partial charge in [0.1, 0.15) is 0 Å². The molecule has 0 saturated carbocycles. The van der Waals surface area contributed by atoms with E-state index in [2.05, 4.69) is 58.4 Å². The maximum atomic E-state index is 6.01. The first kappa shape index (κ1) is 21.6. The maximum absolute atomic E-state index is 6.01. The summed E-state index contributed by atoms with van der Waals surface area (Å²) < 4.78 is 4.51. The Morgan fingerprint density at radius 2 is 1.63 bits per heavy atom. The Kier molecular flexibility index (Phi) is 7.18. The molecule has 0 atom stereocenters. The Bertz CT molecular complexity index is 1020. The molecule has 0 aliphatic carbocycles. The van der Waals surface area contributed by atoms with Crippen LogP contribution in [-0.4, -0.2) is 39.5 Å². The van der Waals surface area contributed by atoms with Crippen molar-refractivity contribution in [2.24, 2.45) is 0 Å². The number of hydrogen-bond donors (Lipinski definition) is 0. The molecule has 7 heteroatoms. The van der Waals surface area contributed by atoms with Gasteiger partial charge in [-0.2, -0.15) is 0 Å². The van der Waals surface area contributed by atoms with Crippen molar-refractivity contribution >= 4 is 53.2 Å². The van der Waals surface area contributed by atoms with Crippen LogP contribution in [0.4, 0.5) is 0 Å². The van der Waals surface area contributed by atoms with E-state index in [0.717, 1.165) is 41.6 Å². The molecule has 2 heterocycles. The van der Waals surface area contributed by atoms with Gasteiger partial charge in [-0.15, -0.1) is 24.8 Å². The van der Waals surface area contributed by atoms with Gasteiger partial charge >= 0.3 is 0 Å². The largest absolute Gasteiger partial charge is 0.310 e. The van der Waals surface area contributed by atoms with Crippen LogP contribution in [0.25, 0.3) is 28.1 Å². The average molecular weight is 426 g/mol. The fraction of sp³-hybridized carbons (Fsp3) is 0.250. The summed E-state index contributed by atoms with van der Waals surface area (Å²) >= 11 is 6.01. The van der Waals surface area contributed by atoms with Gasteiger partial charge in [-0.1, -0.05) is 35.9 Å². The molecule has 27 heavy (non-hydrogen) atoms. The van der Waals surface area contributed by atoms with E-state index in [9.17, 15) is 0 Å². The number of fused-ring (bicyclic) bond motifs is 3. The lowest BCUT2D eigenvalue weighted by Crippen LogP contribution is -2.15. The van der Waals surface area contributed by atoms with Crippen molar-refractivity contribution in [3.63, 3.8) is 0 Å². The molecule has 0 aliphatic rings. The number of hydrogen-bond acceptors (Lipinski definition) is 2. The van der Waals surface area contributed by atoms with Crippen LogP contribution in [0.15, 0.2) is 54.7 Å². The summed E-state index contributed by atoms with van der Waals surface area (Å²) in [5.74, 6) is 0.991. The van der Waals surface area contributed by atoms with Crippen LogP contribution in [0, 0.1) is 0 Å².